The van der Waals surface area contributed by atoms with Crippen LogP contribution in [0.2, 0.25) is 0 Å². The molecular formula is C31H31N3O3S. The van der Waals surface area contributed by atoms with Crippen molar-refractivity contribution in [1.29, 1.82) is 0 Å². The fourth-order valence-corrected chi connectivity index (χ4v) is 6.13. The molecule has 1 amide bonds. The molecule has 0 aromatic heterocycles. The predicted octanol–water partition coefficient (Wildman–Crippen LogP) is 5.35. The summed E-state index contributed by atoms with van der Waals surface area (Å²) in [6.07, 6.45) is 0. The first-order valence-corrected chi connectivity index (χ1v) is 14.2. The van der Waals surface area contributed by atoms with E-state index in [-0.39, 0.29) is 17.3 Å². The zero-order chi connectivity index (χ0) is 26.5. The number of nitrogens with zero attached hydrogens (tertiary/aromatic N) is 3. The first kappa shape index (κ1) is 25.5. The van der Waals surface area contributed by atoms with Crippen molar-refractivity contribution in [3.8, 4) is 0 Å². The Bertz CT molecular complexity index is 1470. The molecule has 4 aromatic carbocycles. The molecule has 0 unspecified atom stereocenters. The van der Waals surface area contributed by atoms with Crippen LogP contribution in [-0.2, 0) is 16.6 Å². The Morgan fingerprint density at radius 3 is 1.92 bits per heavy atom. The van der Waals surface area contributed by atoms with Crippen LogP contribution in [0.3, 0.4) is 0 Å². The Morgan fingerprint density at radius 2 is 1.32 bits per heavy atom. The molecule has 0 atom stereocenters. The van der Waals surface area contributed by atoms with Crippen LogP contribution in [0.4, 0.5) is 11.4 Å². The number of carbonyl (C=O) groups is 1. The second-order valence-electron chi connectivity index (χ2n) is 9.47. The Labute approximate surface area is 224 Å². The summed E-state index contributed by atoms with van der Waals surface area (Å²) < 4.78 is 28.7. The van der Waals surface area contributed by atoms with Gasteiger partial charge in [0.1, 0.15) is 0 Å². The van der Waals surface area contributed by atoms with Gasteiger partial charge >= 0.3 is 0 Å². The Morgan fingerprint density at radius 1 is 0.737 bits per heavy atom. The highest BCUT2D eigenvalue weighted by Gasteiger charge is 2.26. The van der Waals surface area contributed by atoms with Crippen molar-refractivity contribution in [2.24, 2.45) is 0 Å². The Hall–Kier alpha value is -4.10. The first-order valence-electron chi connectivity index (χ1n) is 12.7. The number of rotatable bonds is 7. The number of carbonyl (C=O) groups excluding carboxylic acids is 1. The zero-order valence-electron chi connectivity index (χ0n) is 21.4. The number of piperazine rings is 1. The van der Waals surface area contributed by atoms with Gasteiger partial charge in [-0.25, -0.2) is 8.42 Å². The molecule has 6 nitrogen and oxygen atoms in total. The second kappa shape index (κ2) is 11.1. The minimum Gasteiger partial charge on any atom is -0.368 e. The quantitative estimate of drug-likeness (QED) is 0.326. The number of para-hydroxylation sites is 1. The van der Waals surface area contributed by atoms with Gasteiger partial charge in [-0.15, -0.1) is 0 Å². The molecule has 0 saturated carbocycles. The number of sulfonamides is 1. The normalized spacial score (nSPS) is 13.8. The molecule has 0 aliphatic carbocycles. The fraction of sp³-hybridized carbons (Fsp3) is 0.194. The minimum atomic E-state index is -3.82. The number of hydrogen-bond donors (Lipinski definition) is 0. The summed E-state index contributed by atoms with van der Waals surface area (Å²) in [4.78, 5) is 17.6. The third kappa shape index (κ3) is 5.58. The summed E-state index contributed by atoms with van der Waals surface area (Å²) in [5, 5.41) is 0. The van der Waals surface area contributed by atoms with Gasteiger partial charge in [-0.1, -0.05) is 66.2 Å². The lowest BCUT2D eigenvalue weighted by Crippen LogP contribution is -2.48. The van der Waals surface area contributed by atoms with E-state index in [2.05, 4.69) is 17.0 Å². The maximum absolute atomic E-state index is 13.7. The van der Waals surface area contributed by atoms with Crippen molar-refractivity contribution in [3.05, 3.63) is 126 Å². The molecule has 38 heavy (non-hydrogen) atoms. The molecule has 7 heteroatoms. The number of amides is 1. The van der Waals surface area contributed by atoms with Gasteiger partial charge in [0.2, 0.25) is 0 Å². The molecule has 4 aromatic rings. The van der Waals surface area contributed by atoms with Crippen molar-refractivity contribution < 1.29 is 13.2 Å². The largest absolute Gasteiger partial charge is 0.368 e. The van der Waals surface area contributed by atoms with Crippen LogP contribution in [0, 0.1) is 6.92 Å². The van der Waals surface area contributed by atoms with Gasteiger partial charge in [0.25, 0.3) is 15.9 Å². The van der Waals surface area contributed by atoms with Gasteiger partial charge in [0.15, 0.2) is 0 Å². The van der Waals surface area contributed by atoms with E-state index in [0.29, 0.717) is 24.3 Å². The third-order valence-electron chi connectivity index (χ3n) is 6.87. The van der Waals surface area contributed by atoms with Crippen LogP contribution in [0.25, 0.3) is 0 Å². The highest BCUT2D eigenvalue weighted by Crippen LogP contribution is 2.27. The fourth-order valence-electron chi connectivity index (χ4n) is 4.65. The first-order chi connectivity index (χ1) is 18.4. The highest BCUT2D eigenvalue weighted by atomic mass is 32.2. The highest BCUT2D eigenvalue weighted by molar-refractivity contribution is 7.92. The van der Waals surface area contributed by atoms with Crippen LogP contribution in [0.15, 0.2) is 114 Å². The smallest absolute Gasteiger partial charge is 0.264 e. The average Bonchev–Trinajstić information content (AvgIpc) is 2.97. The van der Waals surface area contributed by atoms with Crippen LogP contribution >= 0.6 is 0 Å². The van der Waals surface area contributed by atoms with Crippen molar-refractivity contribution >= 4 is 27.3 Å². The predicted molar refractivity (Wildman–Crippen MR) is 152 cm³/mol. The van der Waals surface area contributed by atoms with Crippen molar-refractivity contribution in [2.75, 3.05) is 35.4 Å². The lowest BCUT2D eigenvalue weighted by molar-refractivity contribution is 0.0747. The van der Waals surface area contributed by atoms with E-state index < -0.39 is 10.0 Å². The molecule has 1 aliphatic rings. The third-order valence-corrected chi connectivity index (χ3v) is 8.66. The van der Waals surface area contributed by atoms with Crippen LogP contribution in [-0.4, -0.2) is 45.4 Å². The molecule has 1 fully saturated rings. The summed E-state index contributed by atoms with van der Waals surface area (Å²) in [7, 11) is -3.82. The maximum Gasteiger partial charge on any atom is 0.264 e. The van der Waals surface area contributed by atoms with E-state index in [9.17, 15) is 13.2 Å². The van der Waals surface area contributed by atoms with Gasteiger partial charge in [-0.2, -0.15) is 0 Å². The van der Waals surface area contributed by atoms with Crippen LogP contribution < -0.4 is 9.21 Å². The number of hydrogen-bond acceptors (Lipinski definition) is 4. The van der Waals surface area contributed by atoms with Gasteiger partial charge < -0.3 is 9.80 Å². The van der Waals surface area contributed by atoms with Crippen LogP contribution in [0.1, 0.15) is 21.5 Å². The number of benzene rings is 4. The maximum atomic E-state index is 13.7. The van der Waals surface area contributed by atoms with E-state index in [1.807, 2.05) is 54.3 Å². The van der Waals surface area contributed by atoms with Gasteiger partial charge in [-0.05, 0) is 61.0 Å². The van der Waals surface area contributed by atoms with E-state index in [1.54, 1.807) is 54.6 Å². The zero-order valence-corrected chi connectivity index (χ0v) is 22.2. The molecule has 194 valence electrons. The lowest BCUT2D eigenvalue weighted by atomic mass is 10.1. The molecule has 0 N–H and O–H groups in total. The average molecular weight is 526 g/mol. The number of anilines is 2. The SMILES string of the molecule is Cc1ccc(CN(c2ccc(C(=O)N3CCN(c4ccccc4)CC3)cc2)S(=O)(=O)c2ccccc2)cc1. The molecule has 0 bridgehead atoms. The van der Waals surface area contributed by atoms with Crippen LogP contribution in [0.5, 0.6) is 0 Å². The Balaban J connectivity index is 1.35. The Kier molecular flexibility index (Phi) is 7.47. The standard InChI is InChI=1S/C31H31N3O3S/c1-25-12-14-26(15-13-25)24-34(38(36,37)30-10-6-3-7-11-30)29-18-16-27(17-19-29)31(35)33-22-20-32(21-23-33)28-8-4-2-5-9-28/h2-19H,20-24H2,1H3. The molecule has 5 rings (SSSR count). The minimum absolute atomic E-state index is 0.0414. The number of aryl methyl sites for hydroxylation is 1. The van der Waals surface area contributed by atoms with Gasteiger partial charge in [0.05, 0.1) is 17.1 Å². The summed E-state index contributed by atoms with van der Waals surface area (Å²) in [6.45, 7) is 5.00. The molecule has 1 heterocycles. The lowest BCUT2D eigenvalue weighted by Gasteiger charge is -2.36. The topological polar surface area (TPSA) is 60.9 Å². The molecular weight excluding hydrogens is 494 g/mol. The van der Waals surface area contributed by atoms with Gasteiger partial charge in [0, 0.05) is 37.4 Å². The van der Waals surface area contributed by atoms with E-state index in [1.165, 1.54) is 4.31 Å². The summed E-state index contributed by atoms with van der Waals surface area (Å²) in [6, 6.07) is 33.4. The van der Waals surface area contributed by atoms with Gasteiger partial charge in [-0.3, -0.25) is 9.10 Å². The summed E-state index contributed by atoms with van der Waals surface area (Å²) in [5.41, 5.74) is 4.22. The monoisotopic (exact) mass is 525 g/mol. The molecule has 1 saturated heterocycles. The molecule has 0 spiro atoms. The summed E-state index contributed by atoms with van der Waals surface area (Å²) >= 11 is 0. The van der Waals surface area contributed by atoms with Crippen molar-refractivity contribution in [3.63, 3.8) is 0 Å². The van der Waals surface area contributed by atoms with Crippen molar-refractivity contribution in [2.45, 2.75) is 18.4 Å². The molecule has 0 radical (unpaired) electrons. The van der Waals surface area contributed by atoms with Crippen molar-refractivity contribution in [1.82, 2.24) is 4.90 Å². The van der Waals surface area contributed by atoms with E-state index >= 15 is 0 Å². The van der Waals surface area contributed by atoms with E-state index in [0.717, 1.165) is 29.9 Å². The summed E-state index contributed by atoms with van der Waals surface area (Å²) in [5.74, 6) is -0.0414. The molecule has 1 aliphatic heterocycles. The second-order valence-corrected chi connectivity index (χ2v) is 11.3. The van der Waals surface area contributed by atoms with E-state index in [4.69, 9.17) is 0 Å².